The molecule has 80 valence electrons. The Morgan fingerprint density at radius 1 is 1.08 bits per heavy atom. The van der Waals surface area contributed by atoms with Gasteiger partial charge < -0.3 is 21.7 Å². The largest absolute Gasteiger partial charge is 0.313 e. The highest BCUT2D eigenvalue weighted by atomic mass is 15.2. The fourth-order valence-electron chi connectivity index (χ4n) is 1.32. The van der Waals surface area contributed by atoms with E-state index >= 15 is 0 Å². The number of nitrogens with one attached hydrogen (secondary N) is 3. The van der Waals surface area contributed by atoms with Crippen molar-refractivity contribution in [3.05, 3.63) is 0 Å². The van der Waals surface area contributed by atoms with Gasteiger partial charge in [-0.25, -0.2) is 0 Å². The third-order valence-corrected chi connectivity index (χ3v) is 2.90. The average molecular weight is 188 g/mol. The first-order valence-corrected chi connectivity index (χ1v) is 4.81. The van der Waals surface area contributed by atoms with E-state index in [1.54, 1.807) is 0 Å². The summed E-state index contributed by atoms with van der Waals surface area (Å²) in [7, 11) is 5.76. The van der Waals surface area contributed by atoms with Crippen molar-refractivity contribution in [2.24, 2.45) is 5.73 Å². The third kappa shape index (κ3) is 3.60. The maximum absolute atomic E-state index is 6.14. The summed E-state index contributed by atoms with van der Waals surface area (Å²) < 4.78 is 0. The van der Waals surface area contributed by atoms with E-state index in [-0.39, 0.29) is 11.3 Å². The molecule has 0 fully saturated rings. The van der Waals surface area contributed by atoms with Gasteiger partial charge in [-0.3, -0.25) is 0 Å². The number of rotatable bonds is 6. The van der Waals surface area contributed by atoms with E-state index in [9.17, 15) is 0 Å². The molecule has 0 aromatic heterocycles. The van der Waals surface area contributed by atoms with Crippen LogP contribution >= 0.6 is 0 Å². The van der Waals surface area contributed by atoms with Crippen LogP contribution in [0.1, 0.15) is 26.7 Å². The van der Waals surface area contributed by atoms with Crippen LogP contribution in [0.2, 0.25) is 0 Å². The lowest BCUT2D eigenvalue weighted by molar-refractivity contribution is 0.196. The smallest absolute Gasteiger partial charge is 0.0687 e. The molecular weight excluding hydrogens is 164 g/mol. The number of hydrogen-bond acceptors (Lipinski definition) is 4. The predicted molar refractivity (Wildman–Crippen MR) is 57.4 cm³/mol. The van der Waals surface area contributed by atoms with E-state index in [0.717, 1.165) is 12.8 Å². The molecule has 0 radical (unpaired) electrons. The SMILES string of the molecule is CCC(N)(CC(C)(NC)NC)NC. The van der Waals surface area contributed by atoms with Crippen LogP contribution in [-0.2, 0) is 0 Å². The Hall–Kier alpha value is -0.160. The molecule has 4 nitrogen and oxygen atoms in total. The first-order valence-electron chi connectivity index (χ1n) is 4.81. The number of nitrogens with two attached hydrogens (primary N) is 1. The van der Waals surface area contributed by atoms with Crippen LogP contribution in [0.15, 0.2) is 0 Å². The van der Waals surface area contributed by atoms with E-state index < -0.39 is 0 Å². The van der Waals surface area contributed by atoms with E-state index in [1.165, 1.54) is 0 Å². The molecule has 0 aliphatic carbocycles. The van der Waals surface area contributed by atoms with Gasteiger partial charge in [-0.05, 0) is 34.5 Å². The Morgan fingerprint density at radius 3 is 1.77 bits per heavy atom. The average Bonchev–Trinajstić information content (AvgIpc) is 2.17. The van der Waals surface area contributed by atoms with Gasteiger partial charge in [0.25, 0.3) is 0 Å². The minimum Gasteiger partial charge on any atom is -0.313 e. The third-order valence-electron chi connectivity index (χ3n) is 2.90. The molecule has 0 spiro atoms. The van der Waals surface area contributed by atoms with Crippen molar-refractivity contribution in [2.75, 3.05) is 21.1 Å². The van der Waals surface area contributed by atoms with Crippen LogP contribution in [0.4, 0.5) is 0 Å². The standard InChI is InChI=1S/C9H24N4/c1-6-9(10,13-5)7-8(2,11-3)12-4/h11-13H,6-7,10H2,1-5H3. The first-order chi connectivity index (χ1) is 5.95. The maximum Gasteiger partial charge on any atom is 0.0687 e. The van der Waals surface area contributed by atoms with Gasteiger partial charge in [-0.15, -0.1) is 0 Å². The van der Waals surface area contributed by atoms with Crippen molar-refractivity contribution >= 4 is 0 Å². The number of hydrogen-bond donors (Lipinski definition) is 4. The van der Waals surface area contributed by atoms with Crippen LogP contribution < -0.4 is 21.7 Å². The zero-order valence-corrected chi connectivity index (χ0v) is 9.49. The molecule has 1 atom stereocenters. The van der Waals surface area contributed by atoms with Crippen molar-refractivity contribution < 1.29 is 0 Å². The lowest BCUT2D eigenvalue weighted by Crippen LogP contribution is -2.62. The molecule has 0 bridgehead atoms. The lowest BCUT2D eigenvalue weighted by Gasteiger charge is -2.38. The van der Waals surface area contributed by atoms with Crippen LogP contribution in [0.3, 0.4) is 0 Å². The van der Waals surface area contributed by atoms with Crippen molar-refractivity contribution in [2.45, 2.75) is 38.0 Å². The van der Waals surface area contributed by atoms with Crippen molar-refractivity contribution in [3.8, 4) is 0 Å². The summed E-state index contributed by atoms with van der Waals surface area (Å²) >= 11 is 0. The molecule has 0 saturated heterocycles. The summed E-state index contributed by atoms with van der Waals surface area (Å²) in [6.07, 6.45) is 1.74. The summed E-state index contributed by atoms with van der Waals surface area (Å²) in [6.45, 7) is 4.18. The van der Waals surface area contributed by atoms with Gasteiger partial charge in [-0.1, -0.05) is 6.92 Å². The maximum atomic E-state index is 6.14. The second-order valence-electron chi connectivity index (χ2n) is 3.77. The minimum absolute atomic E-state index is 0.117. The second-order valence-corrected chi connectivity index (χ2v) is 3.77. The summed E-state index contributed by atoms with van der Waals surface area (Å²) in [5.41, 5.74) is 5.72. The molecule has 0 aromatic carbocycles. The molecule has 0 aliphatic heterocycles. The molecule has 0 saturated carbocycles. The summed E-state index contributed by atoms with van der Waals surface area (Å²) in [5, 5.41) is 9.59. The van der Waals surface area contributed by atoms with Crippen molar-refractivity contribution in [3.63, 3.8) is 0 Å². The van der Waals surface area contributed by atoms with Gasteiger partial charge in [0, 0.05) is 6.42 Å². The molecule has 0 amide bonds. The lowest BCUT2D eigenvalue weighted by atomic mass is 9.94. The van der Waals surface area contributed by atoms with Crippen LogP contribution in [0.25, 0.3) is 0 Å². The Kier molecular flexibility index (Phi) is 4.85. The quantitative estimate of drug-likeness (QED) is 0.437. The highest BCUT2D eigenvalue weighted by Gasteiger charge is 2.31. The van der Waals surface area contributed by atoms with E-state index in [0.29, 0.717) is 0 Å². The van der Waals surface area contributed by atoms with E-state index in [4.69, 9.17) is 5.73 Å². The zero-order valence-electron chi connectivity index (χ0n) is 9.49. The van der Waals surface area contributed by atoms with E-state index in [1.807, 2.05) is 21.1 Å². The fourth-order valence-corrected chi connectivity index (χ4v) is 1.32. The molecule has 13 heavy (non-hydrogen) atoms. The second kappa shape index (κ2) is 4.91. The fraction of sp³-hybridized carbons (Fsp3) is 1.00. The molecular formula is C9H24N4. The van der Waals surface area contributed by atoms with Gasteiger partial charge in [-0.2, -0.15) is 0 Å². The predicted octanol–water partition coefficient (Wildman–Crippen LogP) is -0.184. The Balaban J connectivity index is 4.36. The van der Waals surface area contributed by atoms with Crippen LogP contribution in [-0.4, -0.2) is 32.5 Å². The Morgan fingerprint density at radius 2 is 1.54 bits per heavy atom. The van der Waals surface area contributed by atoms with Gasteiger partial charge in [0.1, 0.15) is 0 Å². The molecule has 4 heteroatoms. The molecule has 0 heterocycles. The summed E-state index contributed by atoms with van der Waals surface area (Å²) in [6, 6.07) is 0. The van der Waals surface area contributed by atoms with Crippen LogP contribution in [0, 0.1) is 0 Å². The normalized spacial score (nSPS) is 17.1. The Labute approximate surface area is 81.6 Å². The molecule has 0 aliphatic rings. The van der Waals surface area contributed by atoms with Gasteiger partial charge in [0.2, 0.25) is 0 Å². The first kappa shape index (κ1) is 12.8. The van der Waals surface area contributed by atoms with Gasteiger partial charge in [0.15, 0.2) is 0 Å². The van der Waals surface area contributed by atoms with Crippen molar-refractivity contribution in [1.82, 2.24) is 16.0 Å². The highest BCUT2D eigenvalue weighted by molar-refractivity contribution is 4.90. The monoisotopic (exact) mass is 188 g/mol. The summed E-state index contributed by atoms with van der Waals surface area (Å²) in [4.78, 5) is 0. The Bertz CT molecular complexity index is 123. The van der Waals surface area contributed by atoms with Crippen molar-refractivity contribution in [1.29, 1.82) is 0 Å². The van der Waals surface area contributed by atoms with Crippen LogP contribution in [0.5, 0.6) is 0 Å². The zero-order chi connectivity index (χ0) is 10.5. The summed E-state index contributed by atoms with van der Waals surface area (Å²) in [5.74, 6) is 0. The van der Waals surface area contributed by atoms with Gasteiger partial charge >= 0.3 is 0 Å². The minimum atomic E-state index is -0.305. The molecule has 0 rings (SSSR count). The van der Waals surface area contributed by atoms with E-state index in [2.05, 4.69) is 29.8 Å². The van der Waals surface area contributed by atoms with Gasteiger partial charge in [0.05, 0.1) is 11.3 Å². The molecule has 0 aromatic rings. The topological polar surface area (TPSA) is 62.1 Å². The molecule has 1 unspecified atom stereocenters. The molecule has 5 N–H and O–H groups in total. The highest BCUT2D eigenvalue weighted by Crippen LogP contribution is 2.16.